The fraction of sp³-hybridized carbons (Fsp3) is 0.364. The van der Waals surface area contributed by atoms with Gasteiger partial charge in [-0.3, -0.25) is 4.79 Å². The van der Waals surface area contributed by atoms with Crippen LogP contribution in [-0.2, 0) is 10.1 Å². The van der Waals surface area contributed by atoms with Crippen LogP contribution in [0.3, 0.4) is 0 Å². The number of benzene rings is 1. The maximum absolute atomic E-state index is 12.2. The van der Waals surface area contributed by atoms with Crippen LogP contribution >= 0.6 is 31.9 Å². The van der Waals surface area contributed by atoms with E-state index in [9.17, 15) is 18.0 Å². The monoisotopic (exact) mass is 388 g/mol. The van der Waals surface area contributed by atoms with Gasteiger partial charge in [0.05, 0.1) is 4.83 Å². The third-order valence-electron chi connectivity index (χ3n) is 2.03. The number of ether oxygens (including phenoxy) is 1. The van der Waals surface area contributed by atoms with Crippen LogP contribution in [0.25, 0.3) is 0 Å². The Hall–Kier alpha value is -0.560. The number of rotatable bonds is 4. The summed E-state index contributed by atoms with van der Waals surface area (Å²) in [7, 11) is 0. The molecule has 0 spiro atoms. The molecule has 18 heavy (non-hydrogen) atoms. The van der Waals surface area contributed by atoms with Crippen molar-refractivity contribution in [2.75, 3.05) is 0 Å². The van der Waals surface area contributed by atoms with Crippen molar-refractivity contribution in [3.63, 3.8) is 0 Å². The Kier molecular flexibility index (Phi) is 5.21. The minimum atomic E-state index is -4.75. The number of Topliss-reactive ketones (excluding diaryl/α,β-unsaturated/α-hetero) is 1. The Morgan fingerprint density at radius 3 is 2.44 bits per heavy atom. The average Bonchev–Trinajstić information content (AvgIpc) is 2.24. The van der Waals surface area contributed by atoms with Crippen molar-refractivity contribution < 1.29 is 22.7 Å². The first-order valence-corrected chi connectivity index (χ1v) is 6.86. The van der Waals surface area contributed by atoms with Crippen LogP contribution in [0, 0.1) is 0 Å². The maximum atomic E-state index is 12.2. The van der Waals surface area contributed by atoms with E-state index in [0.29, 0.717) is 16.5 Å². The van der Waals surface area contributed by atoms with E-state index in [2.05, 4.69) is 36.6 Å². The fourth-order valence-electron chi connectivity index (χ4n) is 1.34. The zero-order valence-electron chi connectivity index (χ0n) is 9.22. The largest absolute Gasteiger partial charge is 0.573 e. The molecule has 2 nitrogen and oxygen atoms in total. The van der Waals surface area contributed by atoms with Crippen LogP contribution in [0.15, 0.2) is 18.2 Å². The van der Waals surface area contributed by atoms with Crippen molar-refractivity contribution in [2.24, 2.45) is 0 Å². The number of halogens is 5. The Balaban J connectivity index is 3.13. The van der Waals surface area contributed by atoms with E-state index in [-0.39, 0.29) is 11.5 Å². The standard InChI is InChI=1S/C11H9Br2F3O2/c1-6(17)10(13)8-2-7(5-12)3-9(4-8)18-11(14,15)16/h2-4,10H,5H2,1H3. The summed E-state index contributed by atoms with van der Waals surface area (Å²) >= 11 is 6.28. The molecule has 0 N–H and O–H groups in total. The Labute approximate surface area is 119 Å². The minimum absolute atomic E-state index is 0.195. The van der Waals surface area contributed by atoms with Crippen molar-refractivity contribution in [1.29, 1.82) is 0 Å². The summed E-state index contributed by atoms with van der Waals surface area (Å²) < 4.78 is 40.3. The second-order valence-electron chi connectivity index (χ2n) is 3.56. The van der Waals surface area contributed by atoms with E-state index < -0.39 is 11.2 Å². The SMILES string of the molecule is CC(=O)C(Br)c1cc(CBr)cc(OC(F)(F)F)c1. The lowest BCUT2D eigenvalue weighted by atomic mass is 10.1. The summed E-state index contributed by atoms with van der Waals surface area (Å²) in [5, 5.41) is 0.368. The molecule has 0 heterocycles. The molecule has 1 atom stereocenters. The zero-order valence-corrected chi connectivity index (χ0v) is 12.4. The van der Waals surface area contributed by atoms with E-state index in [1.54, 1.807) is 6.07 Å². The van der Waals surface area contributed by atoms with Gasteiger partial charge in [-0.15, -0.1) is 13.2 Å². The number of hydrogen-bond acceptors (Lipinski definition) is 2. The molecule has 0 aromatic heterocycles. The van der Waals surface area contributed by atoms with Crippen molar-refractivity contribution in [3.05, 3.63) is 29.3 Å². The van der Waals surface area contributed by atoms with Gasteiger partial charge >= 0.3 is 6.36 Å². The first-order chi connectivity index (χ1) is 8.23. The smallest absolute Gasteiger partial charge is 0.406 e. The maximum Gasteiger partial charge on any atom is 0.573 e. The van der Waals surface area contributed by atoms with E-state index in [1.807, 2.05) is 0 Å². The molecule has 0 saturated carbocycles. The molecule has 100 valence electrons. The molecule has 1 unspecified atom stereocenters. The molecule has 0 radical (unpaired) electrons. The van der Waals surface area contributed by atoms with E-state index >= 15 is 0 Å². The number of alkyl halides is 5. The summed E-state index contributed by atoms with van der Waals surface area (Å²) in [4.78, 5) is 10.6. The molecule has 0 aliphatic heterocycles. The molecule has 1 rings (SSSR count). The molecule has 0 aliphatic carbocycles. The van der Waals surface area contributed by atoms with Crippen LogP contribution in [0.2, 0.25) is 0 Å². The summed E-state index contributed by atoms with van der Waals surface area (Å²) in [5.74, 6) is -0.528. The molecule has 0 amide bonds. The van der Waals surface area contributed by atoms with Gasteiger partial charge in [0.2, 0.25) is 0 Å². The molecular weight excluding hydrogens is 381 g/mol. The van der Waals surface area contributed by atoms with Crippen LogP contribution in [-0.4, -0.2) is 12.1 Å². The lowest BCUT2D eigenvalue weighted by Gasteiger charge is -2.13. The lowest BCUT2D eigenvalue weighted by Crippen LogP contribution is -2.17. The number of ketones is 1. The van der Waals surface area contributed by atoms with Crippen molar-refractivity contribution in [2.45, 2.75) is 23.4 Å². The minimum Gasteiger partial charge on any atom is -0.406 e. The summed E-state index contributed by atoms with van der Waals surface area (Å²) in [6, 6.07) is 4.10. The zero-order chi connectivity index (χ0) is 13.9. The summed E-state index contributed by atoms with van der Waals surface area (Å²) in [6.07, 6.45) is -4.75. The van der Waals surface area contributed by atoms with Gasteiger partial charge in [-0.25, -0.2) is 0 Å². The van der Waals surface area contributed by atoms with Gasteiger partial charge < -0.3 is 4.74 Å². The van der Waals surface area contributed by atoms with Crippen molar-refractivity contribution in [3.8, 4) is 5.75 Å². The highest BCUT2D eigenvalue weighted by atomic mass is 79.9. The molecule has 0 bridgehead atoms. The Morgan fingerprint density at radius 2 is 2.00 bits per heavy atom. The number of carbonyl (C=O) groups excluding carboxylic acids is 1. The molecule has 7 heteroatoms. The van der Waals surface area contributed by atoms with Gasteiger partial charge in [-0.2, -0.15) is 0 Å². The van der Waals surface area contributed by atoms with Crippen LogP contribution in [0.5, 0.6) is 5.75 Å². The molecule has 0 fully saturated rings. The lowest BCUT2D eigenvalue weighted by molar-refractivity contribution is -0.274. The van der Waals surface area contributed by atoms with Crippen LogP contribution in [0.1, 0.15) is 22.9 Å². The predicted octanol–water partition coefficient (Wildman–Crippen LogP) is 4.51. The van der Waals surface area contributed by atoms with E-state index in [1.165, 1.54) is 19.1 Å². The predicted molar refractivity (Wildman–Crippen MR) is 68.1 cm³/mol. The highest BCUT2D eigenvalue weighted by molar-refractivity contribution is 9.09. The quantitative estimate of drug-likeness (QED) is 0.708. The van der Waals surface area contributed by atoms with Gasteiger partial charge in [-0.1, -0.05) is 37.9 Å². The normalized spacial score (nSPS) is 13.2. The Bertz CT molecular complexity index is 446. The van der Waals surface area contributed by atoms with Crippen molar-refractivity contribution >= 4 is 37.6 Å². The van der Waals surface area contributed by atoms with E-state index in [0.717, 1.165) is 0 Å². The molecule has 0 aliphatic rings. The highest BCUT2D eigenvalue weighted by Crippen LogP contribution is 2.31. The topological polar surface area (TPSA) is 26.3 Å². The number of carbonyl (C=O) groups is 1. The van der Waals surface area contributed by atoms with Crippen LogP contribution in [0.4, 0.5) is 13.2 Å². The van der Waals surface area contributed by atoms with Crippen molar-refractivity contribution in [1.82, 2.24) is 0 Å². The van der Waals surface area contributed by atoms with Gasteiger partial charge in [-0.05, 0) is 30.2 Å². The number of hydrogen-bond donors (Lipinski definition) is 0. The summed E-state index contributed by atoms with van der Waals surface area (Å²) in [5.41, 5.74) is 1.02. The molecule has 1 aromatic rings. The fourth-order valence-corrected chi connectivity index (χ4v) is 1.92. The molecule has 0 saturated heterocycles. The molecular formula is C11H9Br2F3O2. The van der Waals surface area contributed by atoms with Gasteiger partial charge in [0.25, 0.3) is 0 Å². The Morgan fingerprint density at radius 1 is 1.39 bits per heavy atom. The average molecular weight is 390 g/mol. The second kappa shape index (κ2) is 6.06. The third-order valence-corrected chi connectivity index (χ3v) is 3.85. The van der Waals surface area contributed by atoms with E-state index in [4.69, 9.17) is 0 Å². The third kappa shape index (κ3) is 4.61. The summed E-state index contributed by atoms with van der Waals surface area (Å²) in [6.45, 7) is 1.35. The van der Waals surface area contributed by atoms with Gasteiger partial charge in [0.1, 0.15) is 11.5 Å². The van der Waals surface area contributed by atoms with Crippen LogP contribution < -0.4 is 4.74 Å². The van der Waals surface area contributed by atoms with Gasteiger partial charge in [0.15, 0.2) is 0 Å². The highest BCUT2D eigenvalue weighted by Gasteiger charge is 2.31. The first kappa shape index (κ1) is 15.5. The second-order valence-corrected chi connectivity index (χ2v) is 5.04. The first-order valence-electron chi connectivity index (χ1n) is 4.83. The molecule has 1 aromatic carbocycles. The van der Waals surface area contributed by atoms with Gasteiger partial charge in [0, 0.05) is 5.33 Å².